The molecule has 0 radical (unpaired) electrons. The van der Waals surface area contributed by atoms with Crippen molar-refractivity contribution in [2.75, 3.05) is 36.6 Å². The van der Waals surface area contributed by atoms with Crippen LogP contribution < -0.4 is 10.3 Å². The highest BCUT2D eigenvalue weighted by atomic mass is 19.1. The number of hydrazone groups is 1. The van der Waals surface area contributed by atoms with Crippen molar-refractivity contribution in [1.82, 2.24) is 9.97 Å². The zero-order valence-corrected chi connectivity index (χ0v) is 12.7. The molecule has 0 aliphatic carbocycles. The van der Waals surface area contributed by atoms with E-state index in [-0.39, 0.29) is 23.3 Å². The second-order valence-electron chi connectivity index (χ2n) is 5.08. The second kappa shape index (κ2) is 7.09. The van der Waals surface area contributed by atoms with Crippen LogP contribution in [0.4, 0.5) is 16.2 Å². The molecule has 8 nitrogen and oxygen atoms in total. The predicted molar refractivity (Wildman–Crippen MR) is 86.0 cm³/mol. The molecule has 3 rings (SSSR count). The molecule has 3 N–H and O–H groups in total. The smallest absolute Gasteiger partial charge is 0.245 e. The molecule has 24 heavy (non-hydrogen) atoms. The average molecular weight is 333 g/mol. The molecule has 0 unspecified atom stereocenters. The first-order chi connectivity index (χ1) is 11.6. The Kier molecular flexibility index (Phi) is 4.71. The van der Waals surface area contributed by atoms with E-state index in [9.17, 15) is 14.6 Å². The lowest BCUT2D eigenvalue weighted by Crippen LogP contribution is -2.37. The molecule has 1 aliphatic rings. The van der Waals surface area contributed by atoms with Gasteiger partial charge in [-0.15, -0.1) is 0 Å². The van der Waals surface area contributed by atoms with Crippen LogP contribution in [-0.4, -0.2) is 52.7 Å². The SMILES string of the molecule is Oc1ccc(/C=N\Nc2ncc(F)c(N3CCOCC3)n2)c(O)c1. The Hall–Kier alpha value is -2.94. The number of phenolic OH excluding ortho intramolecular Hbond substituents is 2. The number of phenols is 2. The van der Waals surface area contributed by atoms with Gasteiger partial charge < -0.3 is 19.8 Å². The van der Waals surface area contributed by atoms with Crippen LogP contribution in [-0.2, 0) is 4.74 Å². The van der Waals surface area contributed by atoms with Gasteiger partial charge in [0.25, 0.3) is 0 Å². The number of morpholine rings is 1. The molecule has 1 aromatic heterocycles. The maximum Gasteiger partial charge on any atom is 0.245 e. The van der Waals surface area contributed by atoms with Crippen molar-refractivity contribution in [3.63, 3.8) is 0 Å². The minimum absolute atomic E-state index is 0.0466. The standard InChI is InChI=1S/C15H16FN5O3/c16-12-9-17-15(19-14(12)21-3-5-24-6-4-21)20-18-8-10-1-2-11(22)7-13(10)23/h1-2,7-9,22-23H,3-6H2,(H,17,19,20)/b18-8-. The van der Waals surface area contributed by atoms with Crippen LogP contribution >= 0.6 is 0 Å². The van der Waals surface area contributed by atoms with Gasteiger partial charge in [0, 0.05) is 24.7 Å². The molecule has 2 heterocycles. The van der Waals surface area contributed by atoms with Gasteiger partial charge >= 0.3 is 0 Å². The number of aromatic hydroxyl groups is 2. The van der Waals surface area contributed by atoms with E-state index in [0.29, 0.717) is 31.9 Å². The molecule has 0 spiro atoms. The molecular weight excluding hydrogens is 317 g/mol. The number of hydrogen-bond donors (Lipinski definition) is 3. The summed E-state index contributed by atoms with van der Waals surface area (Å²) in [5.74, 6) is -0.349. The molecule has 1 aliphatic heterocycles. The van der Waals surface area contributed by atoms with Crippen molar-refractivity contribution in [1.29, 1.82) is 0 Å². The normalized spacial score (nSPS) is 15.0. The molecule has 1 saturated heterocycles. The van der Waals surface area contributed by atoms with Crippen LogP contribution in [0.15, 0.2) is 29.5 Å². The third kappa shape index (κ3) is 3.69. The van der Waals surface area contributed by atoms with E-state index in [1.165, 1.54) is 24.4 Å². The lowest BCUT2D eigenvalue weighted by Gasteiger charge is -2.27. The highest BCUT2D eigenvalue weighted by Crippen LogP contribution is 2.21. The summed E-state index contributed by atoms with van der Waals surface area (Å²) in [6.45, 7) is 2.14. The zero-order chi connectivity index (χ0) is 16.9. The van der Waals surface area contributed by atoms with Crippen molar-refractivity contribution >= 4 is 18.0 Å². The molecule has 1 aromatic carbocycles. The molecule has 9 heteroatoms. The van der Waals surface area contributed by atoms with Crippen LogP contribution in [0.3, 0.4) is 0 Å². The molecule has 2 aromatic rings. The van der Waals surface area contributed by atoms with Gasteiger partial charge in [-0.1, -0.05) is 0 Å². The number of benzene rings is 1. The fraction of sp³-hybridized carbons (Fsp3) is 0.267. The quantitative estimate of drug-likeness (QED) is 0.572. The molecular formula is C15H16FN5O3. The van der Waals surface area contributed by atoms with E-state index in [4.69, 9.17) is 4.74 Å². The Morgan fingerprint density at radius 3 is 2.83 bits per heavy atom. The van der Waals surface area contributed by atoms with Crippen LogP contribution in [0.5, 0.6) is 11.5 Å². The Morgan fingerprint density at radius 2 is 2.08 bits per heavy atom. The topological polar surface area (TPSA) is 103 Å². The Labute approximate surface area is 137 Å². The fourth-order valence-electron chi connectivity index (χ4n) is 2.21. The van der Waals surface area contributed by atoms with Crippen molar-refractivity contribution in [2.45, 2.75) is 0 Å². The van der Waals surface area contributed by atoms with Gasteiger partial charge in [-0.05, 0) is 12.1 Å². The summed E-state index contributed by atoms with van der Waals surface area (Å²) in [6, 6.07) is 4.12. The number of nitrogens with zero attached hydrogens (tertiary/aromatic N) is 4. The third-order valence-electron chi connectivity index (χ3n) is 3.42. The van der Waals surface area contributed by atoms with Gasteiger partial charge in [0.15, 0.2) is 11.6 Å². The molecule has 1 fully saturated rings. The fourth-order valence-corrected chi connectivity index (χ4v) is 2.21. The van der Waals surface area contributed by atoms with E-state index in [2.05, 4.69) is 20.5 Å². The van der Waals surface area contributed by atoms with Crippen molar-refractivity contribution in [3.05, 3.63) is 35.8 Å². The number of nitrogens with one attached hydrogen (secondary N) is 1. The Balaban J connectivity index is 1.72. The van der Waals surface area contributed by atoms with Crippen LogP contribution in [0.25, 0.3) is 0 Å². The number of ether oxygens (including phenoxy) is 1. The van der Waals surface area contributed by atoms with E-state index in [1.54, 1.807) is 4.90 Å². The van der Waals surface area contributed by atoms with Crippen LogP contribution in [0, 0.1) is 5.82 Å². The Bertz CT molecular complexity index is 750. The number of rotatable bonds is 4. The second-order valence-corrected chi connectivity index (χ2v) is 5.08. The van der Waals surface area contributed by atoms with Crippen LogP contribution in [0.2, 0.25) is 0 Å². The van der Waals surface area contributed by atoms with Gasteiger partial charge in [-0.3, -0.25) is 0 Å². The molecule has 0 bridgehead atoms. The monoisotopic (exact) mass is 333 g/mol. The largest absolute Gasteiger partial charge is 0.508 e. The number of hydrogen-bond acceptors (Lipinski definition) is 8. The van der Waals surface area contributed by atoms with Gasteiger partial charge in [0.2, 0.25) is 5.95 Å². The zero-order valence-electron chi connectivity index (χ0n) is 12.7. The van der Waals surface area contributed by atoms with Gasteiger partial charge in [-0.25, -0.2) is 14.8 Å². The minimum Gasteiger partial charge on any atom is -0.508 e. The van der Waals surface area contributed by atoms with Crippen LogP contribution in [0.1, 0.15) is 5.56 Å². The first-order valence-electron chi connectivity index (χ1n) is 7.30. The number of anilines is 2. The summed E-state index contributed by atoms with van der Waals surface area (Å²) in [7, 11) is 0. The number of halogens is 1. The summed E-state index contributed by atoms with van der Waals surface area (Å²) >= 11 is 0. The maximum absolute atomic E-state index is 13.9. The predicted octanol–water partition coefficient (Wildman–Crippen LogP) is 1.31. The average Bonchev–Trinajstić information content (AvgIpc) is 2.59. The lowest BCUT2D eigenvalue weighted by molar-refractivity contribution is 0.122. The highest BCUT2D eigenvalue weighted by Gasteiger charge is 2.17. The summed E-state index contributed by atoms with van der Waals surface area (Å²) in [4.78, 5) is 9.73. The first-order valence-corrected chi connectivity index (χ1v) is 7.30. The molecule has 0 amide bonds. The Morgan fingerprint density at radius 1 is 1.29 bits per heavy atom. The van der Waals surface area contributed by atoms with Gasteiger partial charge in [0.05, 0.1) is 25.6 Å². The maximum atomic E-state index is 13.9. The summed E-state index contributed by atoms with van der Waals surface area (Å²) in [5, 5.41) is 22.8. The summed E-state index contributed by atoms with van der Waals surface area (Å²) < 4.78 is 19.1. The van der Waals surface area contributed by atoms with E-state index in [0.717, 1.165) is 6.20 Å². The van der Waals surface area contributed by atoms with Crippen molar-refractivity contribution in [2.24, 2.45) is 5.10 Å². The minimum atomic E-state index is -0.511. The van der Waals surface area contributed by atoms with E-state index in [1.807, 2.05) is 0 Å². The molecule has 126 valence electrons. The molecule has 0 saturated carbocycles. The lowest BCUT2D eigenvalue weighted by atomic mass is 10.2. The van der Waals surface area contributed by atoms with E-state index < -0.39 is 5.82 Å². The molecule has 0 atom stereocenters. The summed E-state index contributed by atoms with van der Waals surface area (Å²) in [6.07, 6.45) is 2.42. The van der Waals surface area contributed by atoms with Gasteiger partial charge in [0.1, 0.15) is 11.5 Å². The van der Waals surface area contributed by atoms with E-state index >= 15 is 0 Å². The summed E-state index contributed by atoms with van der Waals surface area (Å²) in [5.41, 5.74) is 2.99. The highest BCUT2D eigenvalue weighted by molar-refractivity contribution is 5.84. The van der Waals surface area contributed by atoms with Crippen molar-refractivity contribution < 1.29 is 19.3 Å². The van der Waals surface area contributed by atoms with Gasteiger partial charge in [-0.2, -0.15) is 10.1 Å². The van der Waals surface area contributed by atoms with Crippen molar-refractivity contribution in [3.8, 4) is 11.5 Å². The third-order valence-corrected chi connectivity index (χ3v) is 3.42. The first kappa shape index (κ1) is 15.9. The number of aromatic nitrogens is 2.